The number of fused-ring (bicyclic) bond motifs is 1. The van der Waals surface area contributed by atoms with Gasteiger partial charge in [-0.3, -0.25) is 0 Å². The van der Waals surface area contributed by atoms with Crippen LogP contribution < -0.4 is 9.64 Å². The number of likely N-dealkylation sites (N-methyl/N-ethyl adjacent to an activating group) is 1. The van der Waals surface area contributed by atoms with Crippen molar-refractivity contribution in [1.82, 2.24) is 0 Å². The van der Waals surface area contributed by atoms with Crippen LogP contribution in [0.4, 0.5) is 5.69 Å². The molecule has 0 radical (unpaired) electrons. The minimum Gasteiger partial charge on any atom is -0.494 e. The number of anilines is 1. The van der Waals surface area contributed by atoms with E-state index in [1.165, 1.54) is 0 Å². The molecule has 3 heteroatoms. The van der Waals surface area contributed by atoms with E-state index in [9.17, 15) is 0 Å². The molecule has 2 rings (SSSR count). The SMILES string of the molecule is CCCCOc1ccc2c(c1)N(CC)CC2C#N. The summed E-state index contributed by atoms with van der Waals surface area (Å²) in [6, 6.07) is 8.47. The molecular weight excluding hydrogens is 224 g/mol. The normalized spacial score (nSPS) is 17.4. The molecule has 1 atom stereocenters. The molecule has 1 aromatic rings. The van der Waals surface area contributed by atoms with Gasteiger partial charge in [0.1, 0.15) is 5.75 Å². The Labute approximate surface area is 109 Å². The van der Waals surface area contributed by atoms with Gasteiger partial charge in [0, 0.05) is 24.8 Å². The Morgan fingerprint density at radius 1 is 1.44 bits per heavy atom. The summed E-state index contributed by atoms with van der Waals surface area (Å²) in [4.78, 5) is 2.25. The third-order valence-electron chi connectivity index (χ3n) is 3.43. The quantitative estimate of drug-likeness (QED) is 0.745. The Hall–Kier alpha value is -1.69. The van der Waals surface area contributed by atoms with Crippen molar-refractivity contribution in [3.63, 3.8) is 0 Å². The van der Waals surface area contributed by atoms with Gasteiger partial charge >= 0.3 is 0 Å². The lowest BCUT2D eigenvalue weighted by Gasteiger charge is -2.17. The molecule has 0 amide bonds. The molecule has 96 valence electrons. The summed E-state index contributed by atoms with van der Waals surface area (Å²) < 4.78 is 5.72. The van der Waals surface area contributed by atoms with E-state index in [1.807, 2.05) is 12.1 Å². The first-order chi connectivity index (χ1) is 8.80. The third kappa shape index (κ3) is 2.43. The summed E-state index contributed by atoms with van der Waals surface area (Å²) in [5.74, 6) is 0.920. The van der Waals surface area contributed by atoms with Crippen LogP contribution in [0.3, 0.4) is 0 Å². The summed E-state index contributed by atoms with van der Waals surface area (Å²) in [5.41, 5.74) is 2.31. The van der Waals surface area contributed by atoms with Crippen LogP contribution in [0.2, 0.25) is 0 Å². The number of rotatable bonds is 5. The molecule has 0 bridgehead atoms. The summed E-state index contributed by atoms with van der Waals surface area (Å²) in [6.45, 7) is 6.78. The van der Waals surface area contributed by atoms with Crippen molar-refractivity contribution in [2.75, 3.05) is 24.6 Å². The Morgan fingerprint density at radius 3 is 2.94 bits per heavy atom. The van der Waals surface area contributed by atoms with E-state index in [4.69, 9.17) is 10.00 Å². The first-order valence-electron chi connectivity index (χ1n) is 6.71. The molecule has 3 nitrogen and oxygen atoms in total. The van der Waals surface area contributed by atoms with Crippen molar-refractivity contribution in [2.45, 2.75) is 32.6 Å². The first-order valence-corrected chi connectivity index (χ1v) is 6.71. The molecular formula is C15H20N2O. The monoisotopic (exact) mass is 244 g/mol. The first kappa shape index (κ1) is 12.8. The zero-order chi connectivity index (χ0) is 13.0. The van der Waals surface area contributed by atoms with Crippen molar-refractivity contribution < 1.29 is 4.74 Å². The largest absolute Gasteiger partial charge is 0.494 e. The molecule has 1 aliphatic rings. The van der Waals surface area contributed by atoms with Gasteiger partial charge in [-0.25, -0.2) is 0 Å². The average Bonchev–Trinajstić information content (AvgIpc) is 2.76. The van der Waals surface area contributed by atoms with Gasteiger partial charge in [0.05, 0.1) is 18.6 Å². The van der Waals surface area contributed by atoms with Gasteiger partial charge in [-0.15, -0.1) is 0 Å². The fraction of sp³-hybridized carbons (Fsp3) is 0.533. The second kappa shape index (κ2) is 5.77. The van der Waals surface area contributed by atoms with Crippen molar-refractivity contribution >= 4 is 5.69 Å². The Morgan fingerprint density at radius 2 is 2.28 bits per heavy atom. The zero-order valence-electron chi connectivity index (χ0n) is 11.1. The van der Waals surface area contributed by atoms with Gasteiger partial charge in [0.25, 0.3) is 0 Å². The molecule has 1 aliphatic heterocycles. The lowest BCUT2D eigenvalue weighted by atomic mass is 10.0. The maximum Gasteiger partial charge on any atom is 0.121 e. The summed E-state index contributed by atoms with van der Waals surface area (Å²) in [7, 11) is 0. The molecule has 1 aromatic carbocycles. The molecule has 18 heavy (non-hydrogen) atoms. The van der Waals surface area contributed by atoms with Gasteiger partial charge < -0.3 is 9.64 Å². The van der Waals surface area contributed by atoms with Crippen LogP contribution in [0, 0.1) is 11.3 Å². The average molecular weight is 244 g/mol. The van der Waals surface area contributed by atoms with Crippen molar-refractivity contribution in [3.05, 3.63) is 23.8 Å². The predicted molar refractivity (Wildman–Crippen MR) is 73.1 cm³/mol. The fourth-order valence-electron chi connectivity index (χ4n) is 2.34. The van der Waals surface area contributed by atoms with E-state index in [0.717, 1.165) is 49.5 Å². The Bertz CT molecular complexity index is 450. The Kier molecular flexibility index (Phi) is 4.09. The van der Waals surface area contributed by atoms with Crippen LogP contribution in [-0.4, -0.2) is 19.7 Å². The second-order valence-electron chi connectivity index (χ2n) is 4.64. The standard InChI is InChI=1S/C15H20N2O/c1-3-5-8-18-13-6-7-14-12(10-16)11-17(4-2)15(14)9-13/h6-7,9,12H,3-5,8,11H2,1-2H3. The Balaban J connectivity index is 2.18. The lowest BCUT2D eigenvalue weighted by Crippen LogP contribution is -2.20. The highest BCUT2D eigenvalue weighted by Gasteiger charge is 2.27. The molecule has 1 heterocycles. The van der Waals surface area contributed by atoms with Gasteiger partial charge in [0.2, 0.25) is 0 Å². The van der Waals surface area contributed by atoms with Gasteiger partial charge in [-0.05, 0) is 25.0 Å². The van der Waals surface area contributed by atoms with Crippen molar-refractivity contribution in [1.29, 1.82) is 5.26 Å². The maximum atomic E-state index is 9.16. The number of unbranched alkanes of at least 4 members (excludes halogenated alkanes) is 1. The zero-order valence-corrected chi connectivity index (χ0v) is 11.1. The smallest absolute Gasteiger partial charge is 0.121 e. The van der Waals surface area contributed by atoms with Gasteiger partial charge in [0.15, 0.2) is 0 Å². The molecule has 1 unspecified atom stereocenters. The molecule has 0 aliphatic carbocycles. The van der Waals surface area contributed by atoms with Crippen molar-refractivity contribution in [3.8, 4) is 11.8 Å². The molecule has 0 N–H and O–H groups in total. The number of ether oxygens (including phenoxy) is 1. The highest BCUT2D eigenvalue weighted by Crippen LogP contribution is 2.38. The number of benzene rings is 1. The van der Waals surface area contributed by atoms with E-state index >= 15 is 0 Å². The van der Waals surface area contributed by atoms with Crippen LogP contribution in [-0.2, 0) is 0 Å². The third-order valence-corrected chi connectivity index (χ3v) is 3.43. The molecule has 0 aromatic heterocycles. The predicted octanol–water partition coefficient (Wildman–Crippen LogP) is 3.31. The van der Waals surface area contributed by atoms with E-state index in [1.54, 1.807) is 0 Å². The summed E-state index contributed by atoms with van der Waals surface area (Å²) in [5, 5.41) is 9.16. The van der Waals surface area contributed by atoms with E-state index < -0.39 is 0 Å². The van der Waals surface area contributed by atoms with E-state index in [-0.39, 0.29) is 5.92 Å². The molecule has 0 fully saturated rings. The highest BCUT2D eigenvalue weighted by atomic mass is 16.5. The number of hydrogen-bond acceptors (Lipinski definition) is 3. The topological polar surface area (TPSA) is 36.3 Å². The number of hydrogen-bond donors (Lipinski definition) is 0. The fourth-order valence-corrected chi connectivity index (χ4v) is 2.34. The summed E-state index contributed by atoms with van der Waals surface area (Å²) in [6.07, 6.45) is 2.22. The number of nitrogens with zero attached hydrogens (tertiary/aromatic N) is 2. The maximum absolute atomic E-state index is 9.16. The van der Waals surface area contributed by atoms with Crippen LogP contribution in [0.15, 0.2) is 18.2 Å². The van der Waals surface area contributed by atoms with Crippen LogP contribution in [0.5, 0.6) is 5.75 Å². The minimum atomic E-state index is 0.00430. The molecule has 0 spiro atoms. The molecule has 0 saturated heterocycles. The van der Waals surface area contributed by atoms with Crippen LogP contribution in [0.1, 0.15) is 38.2 Å². The molecule has 0 saturated carbocycles. The van der Waals surface area contributed by atoms with Crippen LogP contribution >= 0.6 is 0 Å². The summed E-state index contributed by atoms with van der Waals surface area (Å²) >= 11 is 0. The van der Waals surface area contributed by atoms with E-state index in [0.29, 0.717) is 0 Å². The number of nitriles is 1. The highest BCUT2D eigenvalue weighted by molar-refractivity contribution is 5.64. The van der Waals surface area contributed by atoms with Crippen LogP contribution in [0.25, 0.3) is 0 Å². The van der Waals surface area contributed by atoms with Crippen molar-refractivity contribution in [2.24, 2.45) is 0 Å². The lowest BCUT2D eigenvalue weighted by molar-refractivity contribution is 0.309. The van der Waals surface area contributed by atoms with Gasteiger partial charge in [-0.1, -0.05) is 19.4 Å². The second-order valence-corrected chi connectivity index (χ2v) is 4.64. The minimum absolute atomic E-state index is 0.00430. The van der Waals surface area contributed by atoms with Gasteiger partial charge in [-0.2, -0.15) is 5.26 Å². The van der Waals surface area contributed by atoms with E-state index in [2.05, 4.69) is 30.9 Å².